The summed E-state index contributed by atoms with van der Waals surface area (Å²) in [5.41, 5.74) is 3.96. The van der Waals surface area contributed by atoms with E-state index in [9.17, 15) is 9.59 Å². The first kappa shape index (κ1) is 26.8. The topological polar surface area (TPSA) is 79.1 Å². The zero-order valence-corrected chi connectivity index (χ0v) is 23.8. The van der Waals surface area contributed by atoms with Crippen LogP contribution in [0.25, 0.3) is 6.08 Å². The third-order valence-electron chi connectivity index (χ3n) is 7.26. The molecule has 0 fully saturated rings. The van der Waals surface area contributed by atoms with E-state index in [-0.39, 0.29) is 11.3 Å². The van der Waals surface area contributed by atoms with Crippen LogP contribution in [-0.2, 0) is 11.4 Å². The molecule has 1 unspecified atom stereocenters. The number of hydrogen-bond donors (Lipinski definition) is 0. The van der Waals surface area contributed by atoms with Crippen molar-refractivity contribution < 1.29 is 19.0 Å². The van der Waals surface area contributed by atoms with E-state index in [0.717, 1.165) is 35.2 Å². The van der Waals surface area contributed by atoms with Gasteiger partial charge in [0, 0.05) is 12.0 Å². The van der Waals surface area contributed by atoms with Crippen molar-refractivity contribution >= 4 is 23.2 Å². The lowest BCUT2D eigenvalue weighted by Gasteiger charge is -2.28. The predicted octanol–water partition coefficient (Wildman–Crippen LogP) is 4.95. The molecule has 0 spiro atoms. The molecule has 41 heavy (non-hydrogen) atoms. The normalized spacial score (nSPS) is 16.6. The van der Waals surface area contributed by atoms with Gasteiger partial charge in [-0.05, 0) is 66.8 Å². The second kappa shape index (κ2) is 11.6. The summed E-state index contributed by atoms with van der Waals surface area (Å²) in [5.74, 6) is 2.02. The van der Waals surface area contributed by atoms with Gasteiger partial charge in [-0.1, -0.05) is 59.9 Å². The molecule has 2 heterocycles. The highest BCUT2D eigenvalue weighted by Crippen LogP contribution is 2.36. The zero-order valence-electron chi connectivity index (χ0n) is 23.0. The van der Waals surface area contributed by atoms with Crippen molar-refractivity contribution in [1.82, 2.24) is 4.57 Å². The summed E-state index contributed by atoms with van der Waals surface area (Å²) < 4.78 is 19.5. The molecule has 4 aromatic rings. The first-order chi connectivity index (χ1) is 20.1. The number of methoxy groups -OCH3 is 1. The standard InChI is InChI=1S/C33H30N2O5S/c1-3-39-28-18-22(12-17-27(28)40-20-21-8-5-4-6-9-21)19-29-32(37)35-31(23-13-15-24(38-2)16-14-23)30-25(34-33(35)41-29)10-7-11-26(30)36/h4-6,8-9,12-19,31H,3,7,10-11,20H2,1-2H3. The van der Waals surface area contributed by atoms with Gasteiger partial charge in [0.05, 0.1) is 30.0 Å². The number of aromatic nitrogens is 1. The Bertz CT molecular complexity index is 1800. The molecule has 0 bridgehead atoms. The Hall–Kier alpha value is -4.43. The number of carbonyl (C=O) groups is 1. The number of carbonyl (C=O) groups excluding carboxylic acids is 1. The molecule has 2 aliphatic rings. The fourth-order valence-electron chi connectivity index (χ4n) is 5.30. The molecule has 1 aromatic heterocycles. The van der Waals surface area contributed by atoms with Crippen molar-refractivity contribution in [2.45, 2.75) is 38.8 Å². The van der Waals surface area contributed by atoms with E-state index >= 15 is 0 Å². The van der Waals surface area contributed by atoms with Crippen molar-refractivity contribution in [3.05, 3.63) is 120 Å². The number of nitrogens with zero attached hydrogens (tertiary/aromatic N) is 2. The summed E-state index contributed by atoms with van der Waals surface area (Å²) in [7, 11) is 1.61. The van der Waals surface area contributed by atoms with E-state index < -0.39 is 6.04 Å². The van der Waals surface area contributed by atoms with Crippen LogP contribution in [0.4, 0.5) is 0 Å². The van der Waals surface area contributed by atoms with Crippen LogP contribution in [0.15, 0.2) is 93.9 Å². The fraction of sp³-hybridized carbons (Fsp3) is 0.242. The van der Waals surface area contributed by atoms with Gasteiger partial charge >= 0.3 is 0 Å². The van der Waals surface area contributed by atoms with Gasteiger partial charge in [-0.2, -0.15) is 0 Å². The van der Waals surface area contributed by atoms with E-state index in [1.165, 1.54) is 11.3 Å². The highest BCUT2D eigenvalue weighted by molar-refractivity contribution is 7.07. The zero-order chi connectivity index (χ0) is 28.3. The molecule has 0 saturated carbocycles. The Morgan fingerprint density at radius 3 is 2.54 bits per heavy atom. The molecule has 1 aliphatic heterocycles. The number of allylic oxidation sites excluding steroid dienone is 2. The quantitative estimate of drug-likeness (QED) is 0.302. The molecule has 0 radical (unpaired) electrons. The average molecular weight is 567 g/mol. The van der Waals surface area contributed by atoms with E-state index in [1.807, 2.05) is 85.8 Å². The molecule has 1 atom stereocenters. The van der Waals surface area contributed by atoms with Crippen LogP contribution >= 0.6 is 11.3 Å². The number of thiazole rings is 1. The van der Waals surface area contributed by atoms with Gasteiger partial charge in [-0.25, -0.2) is 4.99 Å². The summed E-state index contributed by atoms with van der Waals surface area (Å²) in [5, 5.41) is 0. The molecule has 0 N–H and O–H groups in total. The Labute approximate surface area is 241 Å². The number of hydrogen-bond acceptors (Lipinski definition) is 7. The summed E-state index contributed by atoms with van der Waals surface area (Å²) in [6.45, 7) is 2.83. The van der Waals surface area contributed by atoms with Gasteiger partial charge in [0.25, 0.3) is 5.56 Å². The van der Waals surface area contributed by atoms with Crippen molar-refractivity contribution in [2.75, 3.05) is 13.7 Å². The number of fused-ring (bicyclic) bond motifs is 1. The molecular formula is C33H30N2O5S. The van der Waals surface area contributed by atoms with Gasteiger partial charge in [-0.15, -0.1) is 0 Å². The summed E-state index contributed by atoms with van der Waals surface area (Å²) in [4.78, 5) is 32.5. The van der Waals surface area contributed by atoms with Gasteiger partial charge in [0.15, 0.2) is 22.1 Å². The minimum absolute atomic E-state index is 0.0533. The van der Waals surface area contributed by atoms with E-state index in [0.29, 0.717) is 51.8 Å². The Morgan fingerprint density at radius 1 is 0.976 bits per heavy atom. The molecule has 8 heteroatoms. The number of ketones is 1. The van der Waals surface area contributed by atoms with Gasteiger partial charge in [-0.3, -0.25) is 14.2 Å². The van der Waals surface area contributed by atoms with E-state index in [4.69, 9.17) is 19.2 Å². The van der Waals surface area contributed by atoms with Crippen LogP contribution < -0.4 is 29.1 Å². The molecule has 1 aliphatic carbocycles. The minimum Gasteiger partial charge on any atom is -0.497 e. The van der Waals surface area contributed by atoms with Crippen LogP contribution in [0.1, 0.15) is 48.9 Å². The highest BCUT2D eigenvalue weighted by Gasteiger charge is 2.35. The van der Waals surface area contributed by atoms with Crippen molar-refractivity contribution in [3.8, 4) is 17.2 Å². The smallest absolute Gasteiger partial charge is 0.271 e. The van der Waals surface area contributed by atoms with Crippen LogP contribution in [0.2, 0.25) is 0 Å². The molecule has 208 valence electrons. The number of Topliss-reactive ketones (excluding diaryl/α,β-unsaturated/α-hetero) is 1. The SMILES string of the molecule is CCOc1cc(C=c2sc3n(c2=O)C(c2ccc(OC)cc2)C2=C(CCCC2=O)N=3)ccc1OCc1ccccc1. The summed E-state index contributed by atoms with van der Waals surface area (Å²) >= 11 is 1.34. The summed E-state index contributed by atoms with van der Waals surface area (Å²) in [6, 6.07) is 22.7. The van der Waals surface area contributed by atoms with Crippen LogP contribution in [-0.4, -0.2) is 24.1 Å². The monoisotopic (exact) mass is 566 g/mol. The van der Waals surface area contributed by atoms with Crippen LogP contribution in [0.3, 0.4) is 0 Å². The third kappa shape index (κ3) is 5.35. The number of benzene rings is 3. The summed E-state index contributed by atoms with van der Waals surface area (Å²) in [6.07, 6.45) is 3.81. The maximum Gasteiger partial charge on any atom is 0.271 e. The molecule has 0 amide bonds. The Morgan fingerprint density at radius 2 is 1.78 bits per heavy atom. The van der Waals surface area contributed by atoms with Crippen molar-refractivity contribution in [2.24, 2.45) is 4.99 Å². The first-order valence-corrected chi connectivity index (χ1v) is 14.5. The maximum atomic E-state index is 13.9. The predicted molar refractivity (Wildman–Crippen MR) is 158 cm³/mol. The molecule has 3 aromatic carbocycles. The molecule has 0 saturated heterocycles. The second-order valence-electron chi connectivity index (χ2n) is 9.91. The Balaban J connectivity index is 1.40. The lowest BCUT2D eigenvalue weighted by atomic mass is 9.86. The fourth-order valence-corrected chi connectivity index (χ4v) is 6.32. The van der Waals surface area contributed by atoms with Crippen LogP contribution in [0, 0.1) is 0 Å². The van der Waals surface area contributed by atoms with E-state index in [2.05, 4.69) is 0 Å². The lowest BCUT2D eigenvalue weighted by Crippen LogP contribution is -2.40. The highest BCUT2D eigenvalue weighted by atomic mass is 32.1. The number of ether oxygens (including phenoxy) is 3. The van der Waals surface area contributed by atoms with Gasteiger partial charge in [0.2, 0.25) is 0 Å². The molecule has 6 rings (SSSR count). The average Bonchev–Trinajstić information content (AvgIpc) is 3.30. The van der Waals surface area contributed by atoms with Gasteiger partial charge in [0.1, 0.15) is 12.4 Å². The first-order valence-electron chi connectivity index (χ1n) is 13.7. The molecule has 7 nitrogen and oxygen atoms in total. The van der Waals surface area contributed by atoms with E-state index in [1.54, 1.807) is 11.7 Å². The minimum atomic E-state index is -0.519. The lowest BCUT2D eigenvalue weighted by molar-refractivity contribution is -0.116. The van der Waals surface area contributed by atoms with Crippen LogP contribution in [0.5, 0.6) is 17.2 Å². The van der Waals surface area contributed by atoms with Crippen molar-refractivity contribution in [3.63, 3.8) is 0 Å². The maximum absolute atomic E-state index is 13.9. The number of rotatable bonds is 8. The second-order valence-corrected chi connectivity index (χ2v) is 10.9. The third-order valence-corrected chi connectivity index (χ3v) is 8.24. The largest absolute Gasteiger partial charge is 0.497 e. The van der Waals surface area contributed by atoms with Gasteiger partial charge < -0.3 is 14.2 Å². The van der Waals surface area contributed by atoms with Crippen molar-refractivity contribution in [1.29, 1.82) is 0 Å². The molecular weight excluding hydrogens is 536 g/mol. The Kier molecular flexibility index (Phi) is 7.57.